The number of carbonyl (C=O) groups excluding carboxylic acids is 2. The number of carbonyl (C=O) groups is 2. The molecule has 0 radical (unpaired) electrons. The summed E-state index contributed by atoms with van der Waals surface area (Å²) in [6.07, 6.45) is 0. The number of para-hydroxylation sites is 1. The van der Waals surface area contributed by atoms with Crippen molar-refractivity contribution in [2.45, 2.75) is 20.4 Å². The topological polar surface area (TPSA) is 49.4 Å². The fraction of sp³-hybridized carbons (Fsp3) is 0.263. The third-order valence-electron chi connectivity index (χ3n) is 3.55. The summed E-state index contributed by atoms with van der Waals surface area (Å²) in [6, 6.07) is 16.9. The standard InChI is InChI=1S/C19H22N2O2/c1-14(2)18(22)20-17-12-8-7-11-16(17)19(23)21(3)13-15-9-5-4-6-10-15/h4-12,14H,13H2,1-3H3,(H,20,22). The van der Waals surface area contributed by atoms with Crippen molar-refractivity contribution >= 4 is 17.5 Å². The monoisotopic (exact) mass is 310 g/mol. The summed E-state index contributed by atoms with van der Waals surface area (Å²) in [5, 5.41) is 2.82. The largest absolute Gasteiger partial charge is 0.337 e. The van der Waals surface area contributed by atoms with Crippen LogP contribution in [0, 0.1) is 5.92 Å². The Morgan fingerprint density at radius 2 is 1.61 bits per heavy atom. The zero-order valence-electron chi connectivity index (χ0n) is 13.7. The van der Waals surface area contributed by atoms with Gasteiger partial charge in [0.1, 0.15) is 0 Å². The van der Waals surface area contributed by atoms with E-state index in [1.54, 1.807) is 30.1 Å². The van der Waals surface area contributed by atoms with Gasteiger partial charge in [-0.3, -0.25) is 9.59 Å². The first-order chi connectivity index (χ1) is 11.0. The zero-order chi connectivity index (χ0) is 16.8. The molecule has 0 aliphatic heterocycles. The SMILES string of the molecule is CC(C)C(=O)Nc1ccccc1C(=O)N(C)Cc1ccccc1. The molecule has 1 N–H and O–H groups in total. The molecule has 2 amide bonds. The molecule has 0 fully saturated rings. The Morgan fingerprint density at radius 3 is 2.26 bits per heavy atom. The predicted octanol–water partition coefficient (Wildman–Crippen LogP) is 3.55. The molecule has 0 heterocycles. The Hall–Kier alpha value is -2.62. The highest BCUT2D eigenvalue weighted by Gasteiger charge is 2.17. The molecule has 0 unspecified atom stereocenters. The average Bonchev–Trinajstić information content (AvgIpc) is 2.55. The fourth-order valence-corrected chi connectivity index (χ4v) is 2.19. The molecule has 120 valence electrons. The summed E-state index contributed by atoms with van der Waals surface area (Å²) in [5.41, 5.74) is 2.11. The van der Waals surface area contributed by atoms with Crippen LogP contribution >= 0.6 is 0 Å². The summed E-state index contributed by atoms with van der Waals surface area (Å²) >= 11 is 0. The maximum atomic E-state index is 12.7. The van der Waals surface area contributed by atoms with E-state index in [1.165, 1.54) is 0 Å². The lowest BCUT2D eigenvalue weighted by molar-refractivity contribution is -0.118. The van der Waals surface area contributed by atoms with E-state index in [1.807, 2.05) is 50.2 Å². The van der Waals surface area contributed by atoms with E-state index in [2.05, 4.69) is 5.32 Å². The van der Waals surface area contributed by atoms with Crippen LogP contribution in [0.4, 0.5) is 5.69 Å². The minimum absolute atomic E-state index is 0.101. The van der Waals surface area contributed by atoms with E-state index in [-0.39, 0.29) is 17.7 Å². The van der Waals surface area contributed by atoms with Crippen molar-refractivity contribution in [2.75, 3.05) is 12.4 Å². The zero-order valence-corrected chi connectivity index (χ0v) is 13.7. The van der Waals surface area contributed by atoms with Crippen molar-refractivity contribution in [3.63, 3.8) is 0 Å². The lowest BCUT2D eigenvalue weighted by Gasteiger charge is -2.19. The molecular formula is C19H22N2O2. The van der Waals surface area contributed by atoms with Crippen LogP contribution in [-0.4, -0.2) is 23.8 Å². The molecular weight excluding hydrogens is 288 g/mol. The van der Waals surface area contributed by atoms with E-state index in [0.29, 0.717) is 17.8 Å². The van der Waals surface area contributed by atoms with Gasteiger partial charge in [0, 0.05) is 19.5 Å². The van der Waals surface area contributed by atoms with E-state index in [0.717, 1.165) is 5.56 Å². The second-order valence-electron chi connectivity index (χ2n) is 5.84. The van der Waals surface area contributed by atoms with E-state index in [4.69, 9.17) is 0 Å². The number of nitrogens with zero attached hydrogens (tertiary/aromatic N) is 1. The Kier molecular flexibility index (Phi) is 5.52. The maximum Gasteiger partial charge on any atom is 0.256 e. The first-order valence-corrected chi connectivity index (χ1v) is 7.68. The van der Waals surface area contributed by atoms with Gasteiger partial charge in [-0.05, 0) is 17.7 Å². The Bertz CT molecular complexity index is 681. The van der Waals surface area contributed by atoms with Gasteiger partial charge in [-0.25, -0.2) is 0 Å². The van der Waals surface area contributed by atoms with Crippen LogP contribution in [0.2, 0.25) is 0 Å². The highest BCUT2D eigenvalue weighted by atomic mass is 16.2. The van der Waals surface area contributed by atoms with Crippen LogP contribution in [0.25, 0.3) is 0 Å². The number of rotatable bonds is 5. The summed E-state index contributed by atoms with van der Waals surface area (Å²) in [5.74, 6) is -0.357. The van der Waals surface area contributed by atoms with E-state index in [9.17, 15) is 9.59 Å². The fourth-order valence-electron chi connectivity index (χ4n) is 2.19. The van der Waals surface area contributed by atoms with Gasteiger partial charge < -0.3 is 10.2 Å². The molecule has 2 aromatic carbocycles. The molecule has 0 aliphatic rings. The highest BCUT2D eigenvalue weighted by molar-refractivity contribution is 6.03. The maximum absolute atomic E-state index is 12.7. The molecule has 4 heteroatoms. The molecule has 0 aromatic heterocycles. The summed E-state index contributed by atoms with van der Waals surface area (Å²) < 4.78 is 0. The second kappa shape index (κ2) is 7.58. The normalized spacial score (nSPS) is 10.4. The van der Waals surface area contributed by atoms with Crippen molar-refractivity contribution in [1.82, 2.24) is 4.90 Å². The molecule has 0 saturated carbocycles. The Morgan fingerprint density at radius 1 is 1.00 bits per heavy atom. The highest BCUT2D eigenvalue weighted by Crippen LogP contribution is 2.18. The number of hydrogen-bond donors (Lipinski definition) is 1. The lowest BCUT2D eigenvalue weighted by Crippen LogP contribution is -2.28. The number of nitrogens with one attached hydrogen (secondary N) is 1. The van der Waals surface area contributed by atoms with Gasteiger partial charge in [0.2, 0.25) is 5.91 Å². The molecule has 0 atom stereocenters. The molecule has 4 nitrogen and oxygen atoms in total. The number of anilines is 1. The van der Waals surface area contributed by atoms with Gasteiger partial charge >= 0.3 is 0 Å². The minimum Gasteiger partial charge on any atom is -0.337 e. The van der Waals surface area contributed by atoms with Crippen LogP contribution in [0.5, 0.6) is 0 Å². The quantitative estimate of drug-likeness (QED) is 0.918. The average molecular weight is 310 g/mol. The summed E-state index contributed by atoms with van der Waals surface area (Å²) in [4.78, 5) is 26.3. The van der Waals surface area contributed by atoms with Crippen LogP contribution in [0.15, 0.2) is 54.6 Å². The third kappa shape index (κ3) is 4.42. The van der Waals surface area contributed by atoms with Gasteiger partial charge in [-0.2, -0.15) is 0 Å². The minimum atomic E-state index is -0.139. The van der Waals surface area contributed by atoms with Gasteiger partial charge in [0.25, 0.3) is 5.91 Å². The summed E-state index contributed by atoms with van der Waals surface area (Å²) in [7, 11) is 1.76. The van der Waals surface area contributed by atoms with Crippen LogP contribution in [-0.2, 0) is 11.3 Å². The van der Waals surface area contributed by atoms with Crippen molar-refractivity contribution < 1.29 is 9.59 Å². The van der Waals surface area contributed by atoms with Gasteiger partial charge in [0.05, 0.1) is 11.3 Å². The van der Waals surface area contributed by atoms with Gasteiger partial charge in [0.15, 0.2) is 0 Å². The Labute approximate surface area is 137 Å². The number of benzene rings is 2. The van der Waals surface area contributed by atoms with Crippen molar-refractivity contribution in [2.24, 2.45) is 5.92 Å². The first-order valence-electron chi connectivity index (χ1n) is 7.68. The third-order valence-corrected chi connectivity index (χ3v) is 3.55. The van der Waals surface area contributed by atoms with Crippen molar-refractivity contribution in [1.29, 1.82) is 0 Å². The predicted molar refractivity (Wildman–Crippen MR) is 92.1 cm³/mol. The smallest absolute Gasteiger partial charge is 0.256 e. The molecule has 2 rings (SSSR count). The molecule has 0 bridgehead atoms. The first kappa shape index (κ1) is 16.7. The molecule has 23 heavy (non-hydrogen) atoms. The van der Waals surface area contributed by atoms with Gasteiger partial charge in [-0.1, -0.05) is 56.3 Å². The molecule has 0 saturated heterocycles. The van der Waals surface area contributed by atoms with Crippen molar-refractivity contribution in [3.8, 4) is 0 Å². The van der Waals surface area contributed by atoms with Gasteiger partial charge in [-0.15, -0.1) is 0 Å². The molecule has 0 aliphatic carbocycles. The number of hydrogen-bond acceptors (Lipinski definition) is 2. The number of amides is 2. The molecule has 0 spiro atoms. The van der Waals surface area contributed by atoms with Crippen LogP contribution in [0.1, 0.15) is 29.8 Å². The van der Waals surface area contributed by atoms with E-state index < -0.39 is 0 Å². The second-order valence-corrected chi connectivity index (χ2v) is 5.84. The van der Waals surface area contributed by atoms with Crippen molar-refractivity contribution in [3.05, 3.63) is 65.7 Å². The molecule has 2 aromatic rings. The lowest BCUT2D eigenvalue weighted by atomic mass is 10.1. The summed E-state index contributed by atoms with van der Waals surface area (Å²) in [6.45, 7) is 4.16. The van der Waals surface area contributed by atoms with Crippen LogP contribution in [0.3, 0.4) is 0 Å². The Balaban J connectivity index is 2.17. The van der Waals surface area contributed by atoms with Crippen LogP contribution < -0.4 is 5.32 Å². The van der Waals surface area contributed by atoms with E-state index >= 15 is 0 Å².